The average molecular weight is 486 g/mol. The van der Waals surface area contributed by atoms with Crippen LogP contribution in [0, 0.1) is 0 Å². The predicted molar refractivity (Wildman–Crippen MR) is 127 cm³/mol. The van der Waals surface area contributed by atoms with Gasteiger partial charge in [-0.3, -0.25) is 14.9 Å². The third kappa shape index (κ3) is 5.01. The third-order valence-electron chi connectivity index (χ3n) is 5.14. The summed E-state index contributed by atoms with van der Waals surface area (Å²) in [5.74, 6) is 1.20. The lowest BCUT2D eigenvalue weighted by atomic mass is 10.1. The molecule has 34 heavy (non-hydrogen) atoms. The molecule has 180 valence electrons. The van der Waals surface area contributed by atoms with E-state index < -0.39 is 0 Å². The molecule has 9 nitrogen and oxygen atoms in total. The molecule has 0 atom stereocenters. The first-order valence-electron chi connectivity index (χ1n) is 11.2. The second-order valence-electron chi connectivity index (χ2n) is 7.40. The lowest BCUT2D eigenvalue weighted by molar-refractivity contribution is 0.0735. The first kappa shape index (κ1) is 23.6. The van der Waals surface area contributed by atoms with Crippen LogP contribution in [0.5, 0.6) is 17.2 Å². The highest BCUT2D eigenvalue weighted by Crippen LogP contribution is 2.40. The number of thiazole rings is 1. The van der Waals surface area contributed by atoms with Crippen LogP contribution in [0.3, 0.4) is 0 Å². The molecule has 0 spiro atoms. The maximum absolute atomic E-state index is 13.4. The van der Waals surface area contributed by atoms with Gasteiger partial charge in [-0.2, -0.15) is 0 Å². The Bertz CT molecular complexity index is 1130. The van der Waals surface area contributed by atoms with Gasteiger partial charge in [-0.1, -0.05) is 11.3 Å². The van der Waals surface area contributed by atoms with E-state index in [-0.39, 0.29) is 17.6 Å². The molecule has 2 amide bonds. The van der Waals surface area contributed by atoms with Crippen molar-refractivity contribution < 1.29 is 28.2 Å². The van der Waals surface area contributed by atoms with E-state index in [2.05, 4.69) is 10.3 Å². The Morgan fingerprint density at radius 1 is 1.12 bits per heavy atom. The van der Waals surface area contributed by atoms with Gasteiger partial charge in [0.15, 0.2) is 22.4 Å². The monoisotopic (exact) mass is 485 g/mol. The highest BCUT2D eigenvalue weighted by atomic mass is 32.1. The van der Waals surface area contributed by atoms with Crippen molar-refractivity contribution in [1.29, 1.82) is 0 Å². The first-order chi connectivity index (χ1) is 16.5. The fourth-order valence-electron chi connectivity index (χ4n) is 3.68. The van der Waals surface area contributed by atoms with Crippen molar-refractivity contribution in [1.82, 2.24) is 9.88 Å². The Morgan fingerprint density at radius 2 is 1.82 bits per heavy atom. The number of carbonyl (C=O) groups is 2. The number of hydrogen-bond acceptors (Lipinski definition) is 8. The second-order valence-corrected chi connectivity index (χ2v) is 8.48. The van der Waals surface area contributed by atoms with E-state index in [1.807, 2.05) is 20.8 Å². The lowest BCUT2D eigenvalue weighted by Gasteiger charge is -2.27. The van der Waals surface area contributed by atoms with Crippen LogP contribution in [-0.4, -0.2) is 48.1 Å². The van der Waals surface area contributed by atoms with Gasteiger partial charge in [-0.05, 0) is 45.0 Å². The van der Waals surface area contributed by atoms with Gasteiger partial charge in [0.2, 0.25) is 5.75 Å². The van der Waals surface area contributed by atoms with Crippen LogP contribution in [0.15, 0.2) is 34.9 Å². The Kier molecular flexibility index (Phi) is 7.36. The van der Waals surface area contributed by atoms with Crippen molar-refractivity contribution in [2.45, 2.75) is 33.7 Å². The Balaban J connectivity index is 1.53. The number of anilines is 1. The highest BCUT2D eigenvalue weighted by molar-refractivity contribution is 7.15. The minimum absolute atomic E-state index is 0.134. The van der Waals surface area contributed by atoms with E-state index in [0.29, 0.717) is 67.3 Å². The number of nitrogens with zero attached hydrogens (tertiary/aromatic N) is 2. The summed E-state index contributed by atoms with van der Waals surface area (Å²) in [4.78, 5) is 32.9. The quantitative estimate of drug-likeness (QED) is 0.480. The summed E-state index contributed by atoms with van der Waals surface area (Å²) in [6.45, 7) is 7.88. The predicted octanol–water partition coefficient (Wildman–Crippen LogP) is 4.38. The summed E-state index contributed by atoms with van der Waals surface area (Å²) in [7, 11) is 0. The largest absolute Gasteiger partial charge is 0.490 e. The molecule has 0 bridgehead atoms. The van der Waals surface area contributed by atoms with Gasteiger partial charge in [-0.25, -0.2) is 4.98 Å². The molecule has 10 heteroatoms. The van der Waals surface area contributed by atoms with Crippen LogP contribution >= 0.6 is 11.3 Å². The summed E-state index contributed by atoms with van der Waals surface area (Å²) in [6, 6.07) is 6.65. The zero-order chi connectivity index (χ0) is 24.1. The Labute approximate surface area is 201 Å². The van der Waals surface area contributed by atoms with Crippen molar-refractivity contribution in [2.75, 3.05) is 31.7 Å². The van der Waals surface area contributed by atoms with E-state index in [1.54, 1.807) is 29.2 Å². The van der Waals surface area contributed by atoms with Crippen molar-refractivity contribution in [2.24, 2.45) is 0 Å². The van der Waals surface area contributed by atoms with E-state index in [0.717, 1.165) is 10.6 Å². The zero-order valence-corrected chi connectivity index (χ0v) is 20.2. The summed E-state index contributed by atoms with van der Waals surface area (Å²) >= 11 is 1.36. The Morgan fingerprint density at radius 3 is 2.44 bits per heavy atom. The molecule has 3 heterocycles. The fraction of sp³-hybridized carbons (Fsp3) is 0.375. The van der Waals surface area contributed by atoms with Gasteiger partial charge in [-0.15, -0.1) is 0 Å². The lowest BCUT2D eigenvalue weighted by Crippen LogP contribution is -2.35. The molecule has 1 aliphatic heterocycles. The van der Waals surface area contributed by atoms with E-state index in [1.165, 1.54) is 17.6 Å². The van der Waals surface area contributed by atoms with E-state index in [4.69, 9.17) is 18.6 Å². The minimum Gasteiger partial charge on any atom is -0.490 e. The molecular weight excluding hydrogens is 458 g/mol. The molecule has 0 aliphatic carbocycles. The van der Waals surface area contributed by atoms with Crippen LogP contribution in [-0.2, 0) is 13.0 Å². The molecule has 3 aromatic rings. The molecule has 0 radical (unpaired) electrons. The summed E-state index contributed by atoms with van der Waals surface area (Å²) in [5, 5.41) is 3.25. The third-order valence-corrected chi connectivity index (χ3v) is 6.14. The van der Waals surface area contributed by atoms with Crippen molar-refractivity contribution >= 4 is 28.3 Å². The SMILES string of the molecule is CCOc1cc(C(=O)N2CCc3nc(NC(=O)c4ccco4)sc3C2)cc(OCC)c1OCC. The zero-order valence-electron chi connectivity index (χ0n) is 19.4. The number of nitrogens with one attached hydrogen (secondary N) is 1. The van der Waals surface area contributed by atoms with Crippen LogP contribution in [0.25, 0.3) is 0 Å². The molecule has 1 aromatic carbocycles. The van der Waals surface area contributed by atoms with Gasteiger partial charge in [0.05, 0.1) is 38.3 Å². The van der Waals surface area contributed by atoms with Gasteiger partial charge in [0.1, 0.15) is 0 Å². The van der Waals surface area contributed by atoms with Gasteiger partial charge in [0.25, 0.3) is 11.8 Å². The second kappa shape index (κ2) is 10.6. The Hall–Kier alpha value is -3.53. The van der Waals surface area contributed by atoms with Crippen LogP contribution < -0.4 is 19.5 Å². The maximum atomic E-state index is 13.4. The molecule has 0 saturated carbocycles. The summed E-state index contributed by atoms with van der Waals surface area (Å²) in [6.07, 6.45) is 2.04. The summed E-state index contributed by atoms with van der Waals surface area (Å²) < 4.78 is 22.4. The van der Waals surface area contributed by atoms with Crippen molar-refractivity contribution in [3.05, 3.63) is 52.4 Å². The van der Waals surface area contributed by atoms with Crippen LogP contribution in [0.2, 0.25) is 0 Å². The number of amides is 2. The van der Waals surface area contributed by atoms with Crippen LogP contribution in [0.1, 0.15) is 52.3 Å². The molecule has 0 saturated heterocycles. The number of carbonyl (C=O) groups excluding carboxylic acids is 2. The molecule has 0 unspecified atom stereocenters. The number of hydrogen-bond donors (Lipinski definition) is 1. The number of rotatable bonds is 9. The van der Waals surface area contributed by atoms with Crippen molar-refractivity contribution in [3.8, 4) is 17.2 Å². The molecule has 1 N–H and O–H groups in total. The highest BCUT2D eigenvalue weighted by Gasteiger charge is 2.27. The number of ether oxygens (including phenoxy) is 3. The number of fused-ring (bicyclic) bond motifs is 1. The fourth-order valence-corrected chi connectivity index (χ4v) is 4.70. The standard InChI is InChI=1S/C24H27N3O6S/c1-4-30-18-12-15(13-19(31-5-2)21(18)32-6-3)23(29)27-10-9-16-20(14-27)34-24(25-16)26-22(28)17-8-7-11-33-17/h7-8,11-13H,4-6,9-10,14H2,1-3H3,(H,25,26,28). The molecule has 1 aliphatic rings. The summed E-state index contributed by atoms with van der Waals surface area (Å²) in [5.41, 5.74) is 1.36. The topological polar surface area (TPSA) is 103 Å². The average Bonchev–Trinajstić information content (AvgIpc) is 3.50. The van der Waals surface area contributed by atoms with Gasteiger partial charge in [0, 0.05) is 23.4 Å². The molecule has 0 fully saturated rings. The molecule has 2 aromatic heterocycles. The first-order valence-corrected chi connectivity index (χ1v) is 12.0. The number of furan rings is 1. The minimum atomic E-state index is -0.356. The number of aromatic nitrogens is 1. The number of benzene rings is 1. The van der Waals surface area contributed by atoms with E-state index >= 15 is 0 Å². The van der Waals surface area contributed by atoms with Gasteiger partial charge < -0.3 is 23.5 Å². The molecule has 4 rings (SSSR count). The smallest absolute Gasteiger partial charge is 0.293 e. The van der Waals surface area contributed by atoms with Gasteiger partial charge >= 0.3 is 0 Å². The molecular formula is C24H27N3O6S. The normalized spacial score (nSPS) is 12.7. The van der Waals surface area contributed by atoms with E-state index in [9.17, 15) is 9.59 Å². The van der Waals surface area contributed by atoms with Crippen LogP contribution in [0.4, 0.5) is 5.13 Å². The maximum Gasteiger partial charge on any atom is 0.293 e. The van der Waals surface area contributed by atoms with Crippen molar-refractivity contribution in [3.63, 3.8) is 0 Å².